The third-order valence-electron chi connectivity index (χ3n) is 3.61. The van der Waals surface area contributed by atoms with Gasteiger partial charge in [-0.15, -0.1) is 0 Å². The van der Waals surface area contributed by atoms with E-state index in [1.807, 2.05) is 11.8 Å². The fourth-order valence-electron chi connectivity index (χ4n) is 2.57. The number of aliphatic hydroxyl groups is 1. The SMILES string of the molecule is CC(CCO)SCC1CCCc2ccccc21. The summed E-state index contributed by atoms with van der Waals surface area (Å²) in [6.45, 7) is 2.53. The van der Waals surface area contributed by atoms with Crippen LogP contribution in [0.25, 0.3) is 0 Å². The first-order valence-corrected chi connectivity index (χ1v) is 7.66. The first kappa shape index (κ1) is 13.0. The van der Waals surface area contributed by atoms with E-state index in [0.29, 0.717) is 11.9 Å². The van der Waals surface area contributed by atoms with E-state index in [4.69, 9.17) is 5.11 Å². The summed E-state index contributed by atoms with van der Waals surface area (Å²) in [5.41, 5.74) is 3.13. The Bertz CT molecular complexity index is 351. The number of thioether (sulfide) groups is 1. The Labute approximate surface area is 109 Å². The molecule has 2 heteroatoms. The van der Waals surface area contributed by atoms with E-state index in [0.717, 1.165) is 12.3 Å². The van der Waals surface area contributed by atoms with Crippen molar-refractivity contribution in [2.75, 3.05) is 12.4 Å². The maximum Gasteiger partial charge on any atom is 0.0441 e. The van der Waals surface area contributed by atoms with Crippen LogP contribution in [0.4, 0.5) is 0 Å². The van der Waals surface area contributed by atoms with Gasteiger partial charge in [-0.3, -0.25) is 0 Å². The highest BCUT2D eigenvalue weighted by Crippen LogP contribution is 2.34. The molecular weight excluding hydrogens is 228 g/mol. The molecule has 0 fully saturated rings. The molecule has 1 aliphatic carbocycles. The molecule has 1 aliphatic rings. The summed E-state index contributed by atoms with van der Waals surface area (Å²) in [5.74, 6) is 1.93. The van der Waals surface area contributed by atoms with E-state index in [9.17, 15) is 0 Å². The van der Waals surface area contributed by atoms with Gasteiger partial charge in [0, 0.05) is 17.6 Å². The van der Waals surface area contributed by atoms with Crippen molar-refractivity contribution in [3.8, 4) is 0 Å². The van der Waals surface area contributed by atoms with Crippen molar-refractivity contribution in [1.29, 1.82) is 0 Å². The van der Waals surface area contributed by atoms with Crippen LogP contribution < -0.4 is 0 Å². The molecule has 0 aliphatic heterocycles. The minimum atomic E-state index is 0.315. The maximum absolute atomic E-state index is 8.92. The lowest BCUT2D eigenvalue weighted by molar-refractivity contribution is 0.289. The second-order valence-corrected chi connectivity index (χ2v) is 6.42. The van der Waals surface area contributed by atoms with Crippen LogP contribution in [-0.4, -0.2) is 22.7 Å². The predicted octanol–water partition coefficient (Wildman–Crippen LogP) is 3.61. The first-order valence-electron chi connectivity index (χ1n) is 6.61. The van der Waals surface area contributed by atoms with E-state index in [1.165, 1.54) is 25.0 Å². The van der Waals surface area contributed by atoms with Crippen molar-refractivity contribution in [3.05, 3.63) is 35.4 Å². The third kappa shape index (κ3) is 3.49. The van der Waals surface area contributed by atoms with Gasteiger partial charge in [-0.05, 0) is 42.7 Å². The van der Waals surface area contributed by atoms with Crippen LogP contribution >= 0.6 is 11.8 Å². The lowest BCUT2D eigenvalue weighted by Crippen LogP contribution is -2.13. The molecule has 0 saturated carbocycles. The van der Waals surface area contributed by atoms with Gasteiger partial charge in [-0.25, -0.2) is 0 Å². The molecule has 0 bridgehead atoms. The molecule has 0 heterocycles. The topological polar surface area (TPSA) is 20.2 Å². The molecule has 0 saturated heterocycles. The summed E-state index contributed by atoms with van der Waals surface area (Å²) in [6.07, 6.45) is 4.83. The van der Waals surface area contributed by atoms with Gasteiger partial charge in [-0.2, -0.15) is 11.8 Å². The lowest BCUT2D eigenvalue weighted by Gasteiger charge is -2.26. The Kier molecular flexibility index (Phi) is 4.93. The molecule has 0 spiro atoms. The lowest BCUT2D eigenvalue weighted by atomic mass is 9.84. The normalized spacial score (nSPS) is 20.9. The molecule has 17 heavy (non-hydrogen) atoms. The van der Waals surface area contributed by atoms with Crippen LogP contribution in [0.3, 0.4) is 0 Å². The van der Waals surface area contributed by atoms with E-state index in [1.54, 1.807) is 11.1 Å². The number of hydrogen-bond acceptors (Lipinski definition) is 2. The van der Waals surface area contributed by atoms with Gasteiger partial charge < -0.3 is 5.11 Å². The van der Waals surface area contributed by atoms with Gasteiger partial charge in [0.15, 0.2) is 0 Å². The molecule has 1 aromatic rings. The quantitative estimate of drug-likeness (QED) is 0.861. The van der Waals surface area contributed by atoms with Crippen LogP contribution in [0.2, 0.25) is 0 Å². The largest absolute Gasteiger partial charge is 0.396 e. The highest BCUT2D eigenvalue weighted by Gasteiger charge is 2.20. The van der Waals surface area contributed by atoms with Crippen molar-refractivity contribution in [3.63, 3.8) is 0 Å². The number of aryl methyl sites for hydroxylation is 1. The van der Waals surface area contributed by atoms with Gasteiger partial charge >= 0.3 is 0 Å². The summed E-state index contributed by atoms with van der Waals surface area (Å²) in [7, 11) is 0. The van der Waals surface area contributed by atoms with Gasteiger partial charge in [0.2, 0.25) is 0 Å². The van der Waals surface area contributed by atoms with Crippen molar-refractivity contribution in [1.82, 2.24) is 0 Å². The van der Waals surface area contributed by atoms with Crippen molar-refractivity contribution in [2.45, 2.75) is 43.8 Å². The smallest absolute Gasteiger partial charge is 0.0441 e. The molecular formula is C15H22OS. The van der Waals surface area contributed by atoms with Crippen LogP contribution in [0.1, 0.15) is 43.2 Å². The Hall–Kier alpha value is -0.470. The predicted molar refractivity (Wildman–Crippen MR) is 75.7 cm³/mol. The summed E-state index contributed by atoms with van der Waals surface area (Å²) >= 11 is 2.01. The summed E-state index contributed by atoms with van der Waals surface area (Å²) in [4.78, 5) is 0. The zero-order valence-corrected chi connectivity index (χ0v) is 11.4. The summed E-state index contributed by atoms with van der Waals surface area (Å²) < 4.78 is 0. The first-order chi connectivity index (χ1) is 8.31. The molecule has 0 radical (unpaired) electrons. The highest BCUT2D eigenvalue weighted by atomic mass is 32.2. The van der Waals surface area contributed by atoms with E-state index in [2.05, 4.69) is 31.2 Å². The van der Waals surface area contributed by atoms with Crippen molar-refractivity contribution >= 4 is 11.8 Å². The minimum Gasteiger partial charge on any atom is -0.396 e. The molecule has 0 aromatic heterocycles. The van der Waals surface area contributed by atoms with E-state index >= 15 is 0 Å². The standard InChI is InChI=1S/C15H22OS/c1-12(9-10-16)17-11-14-7-4-6-13-5-2-3-8-15(13)14/h2-3,5,8,12,14,16H,4,6-7,9-11H2,1H3. The van der Waals surface area contributed by atoms with E-state index in [-0.39, 0.29) is 0 Å². The van der Waals surface area contributed by atoms with Gasteiger partial charge in [0.25, 0.3) is 0 Å². The van der Waals surface area contributed by atoms with Crippen LogP contribution in [0, 0.1) is 0 Å². The zero-order valence-electron chi connectivity index (χ0n) is 10.6. The molecule has 1 aromatic carbocycles. The third-order valence-corrected chi connectivity index (χ3v) is 5.01. The molecule has 2 atom stereocenters. The number of aliphatic hydroxyl groups excluding tert-OH is 1. The maximum atomic E-state index is 8.92. The summed E-state index contributed by atoms with van der Waals surface area (Å²) in [5, 5.41) is 9.50. The molecule has 1 N–H and O–H groups in total. The van der Waals surface area contributed by atoms with Crippen LogP contribution in [0.15, 0.2) is 24.3 Å². The Morgan fingerprint density at radius 3 is 3.06 bits per heavy atom. The second-order valence-electron chi connectivity index (χ2n) is 4.94. The number of rotatable bonds is 5. The Morgan fingerprint density at radius 2 is 2.24 bits per heavy atom. The second kappa shape index (κ2) is 6.46. The highest BCUT2D eigenvalue weighted by molar-refractivity contribution is 7.99. The van der Waals surface area contributed by atoms with Gasteiger partial charge in [0.05, 0.1) is 0 Å². The average Bonchev–Trinajstić information content (AvgIpc) is 2.36. The van der Waals surface area contributed by atoms with Crippen molar-refractivity contribution in [2.24, 2.45) is 0 Å². The monoisotopic (exact) mass is 250 g/mol. The fraction of sp³-hybridized carbons (Fsp3) is 0.600. The van der Waals surface area contributed by atoms with Gasteiger partial charge in [0.1, 0.15) is 0 Å². The van der Waals surface area contributed by atoms with Crippen molar-refractivity contribution < 1.29 is 5.11 Å². The number of fused-ring (bicyclic) bond motifs is 1. The molecule has 0 amide bonds. The Morgan fingerprint density at radius 1 is 1.41 bits per heavy atom. The zero-order chi connectivity index (χ0) is 12.1. The van der Waals surface area contributed by atoms with E-state index < -0.39 is 0 Å². The minimum absolute atomic E-state index is 0.315. The number of hydrogen-bond donors (Lipinski definition) is 1. The summed E-state index contributed by atoms with van der Waals surface area (Å²) in [6, 6.07) is 8.90. The van der Waals surface area contributed by atoms with Crippen LogP contribution in [-0.2, 0) is 6.42 Å². The molecule has 2 unspecified atom stereocenters. The molecule has 94 valence electrons. The van der Waals surface area contributed by atoms with Crippen LogP contribution in [0.5, 0.6) is 0 Å². The average molecular weight is 250 g/mol. The fourth-order valence-corrected chi connectivity index (χ4v) is 3.75. The van der Waals surface area contributed by atoms with Gasteiger partial charge in [-0.1, -0.05) is 31.2 Å². The molecule has 1 nitrogen and oxygen atoms in total. The Balaban J connectivity index is 1.94. The number of benzene rings is 1. The molecule has 2 rings (SSSR count).